The Kier molecular flexibility index (Phi) is 8.07. The molecule has 0 aliphatic carbocycles. The van der Waals surface area contributed by atoms with E-state index in [0.29, 0.717) is 0 Å². The lowest BCUT2D eigenvalue weighted by Crippen LogP contribution is -2.77. The van der Waals surface area contributed by atoms with Crippen LogP contribution in [0.25, 0.3) is 0 Å². The quantitative estimate of drug-likeness (QED) is 0.165. The molecule has 0 N–H and O–H groups in total. The molecule has 1 heterocycles. The van der Waals surface area contributed by atoms with Crippen molar-refractivity contribution in [2.24, 2.45) is 0 Å². The Hall–Kier alpha value is -1.69. The van der Waals surface area contributed by atoms with Crippen molar-refractivity contribution in [3.05, 3.63) is 0 Å². The van der Waals surface area contributed by atoms with Gasteiger partial charge in [0.2, 0.25) is 0 Å². The topological polar surface area (TPSA) is 21.8 Å². The molecule has 0 aromatic carbocycles. The number of ether oxygens (including phenoxy) is 2. The van der Waals surface area contributed by atoms with Crippen molar-refractivity contribution in [3.8, 4) is 0 Å². The largest absolute Gasteiger partial charge is 0.460 e. The highest BCUT2D eigenvalue weighted by Gasteiger charge is 2.99. The van der Waals surface area contributed by atoms with Gasteiger partial charge in [-0.05, 0) is 0 Å². The van der Waals surface area contributed by atoms with Crippen molar-refractivity contribution < 1.29 is 110 Å². The van der Waals surface area contributed by atoms with Gasteiger partial charge in [-0.3, -0.25) is 0 Å². The third kappa shape index (κ3) is 4.51. The Morgan fingerprint density at radius 3 is 0.872 bits per heavy atom. The van der Waals surface area contributed by atoms with Gasteiger partial charge in [0, 0.05) is 0 Å². The maximum Gasteiger partial charge on any atom is 0.460 e. The zero-order valence-electron chi connectivity index (χ0n) is 17.0. The van der Waals surface area contributed by atoms with Crippen LogP contribution in [-0.4, -0.2) is 84.9 Å². The van der Waals surface area contributed by atoms with Crippen LogP contribution in [0, 0.1) is 0 Å². The summed E-state index contributed by atoms with van der Waals surface area (Å²) in [5, 5.41) is 0. The first-order valence-corrected chi connectivity index (χ1v) is 8.68. The molecule has 1 saturated heterocycles. The molecule has 0 aromatic rings. The number of hydrogen-bond acceptors (Lipinski definition) is 2. The fourth-order valence-corrected chi connectivity index (χ4v) is 2.19. The second kappa shape index (κ2) is 8.90. The molecule has 1 atom stereocenters. The average molecular weight is 642 g/mol. The Morgan fingerprint density at radius 2 is 0.641 bits per heavy atom. The lowest BCUT2D eigenvalue weighted by Gasteiger charge is -2.45. The summed E-state index contributed by atoms with van der Waals surface area (Å²) in [7, 11) is 0. The smallest absolute Gasteiger partial charge is 0.371 e. The van der Waals surface area contributed by atoms with E-state index < -0.39 is 84.9 Å². The van der Waals surface area contributed by atoms with E-state index in [1.165, 1.54) is 0 Å². The van der Waals surface area contributed by atoms with Gasteiger partial charge in [0.25, 0.3) is 0 Å². The molecule has 1 unspecified atom stereocenters. The molecule has 39 heavy (non-hydrogen) atoms. The van der Waals surface area contributed by atoms with Gasteiger partial charge in [-0.2, -0.15) is 101 Å². The molecule has 0 radical (unpaired) electrons. The van der Waals surface area contributed by atoms with Gasteiger partial charge in [0.05, 0.1) is 13.2 Å². The second-order valence-corrected chi connectivity index (χ2v) is 7.45. The van der Waals surface area contributed by atoms with Crippen molar-refractivity contribution in [2.45, 2.75) is 71.7 Å². The van der Waals surface area contributed by atoms with Crippen molar-refractivity contribution >= 4 is 0 Å². The van der Waals surface area contributed by atoms with Crippen LogP contribution >= 0.6 is 0 Å². The number of hydrogen-bond donors (Lipinski definition) is 0. The number of rotatable bonds is 12. The summed E-state index contributed by atoms with van der Waals surface area (Å²) in [4.78, 5) is 0. The van der Waals surface area contributed by atoms with Gasteiger partial charge < -0.3 is 9.47 Å². The summed E-state index contributed by atoms with van der Waals surface area (Å²) in [6, 6.07) is 0. The lowest BCUT2D eigenvalue weighted by molar-refractivity contribution is -0.487. The molecule has 0 saturated carbocycles. The minimum absolute atomic E-state index is 0.639. The van der Waals surface area contributed by atoms with Crippen molar-refractivity contribution in [1.29, 1.82) is 0 Å². The molecular weight excluding hydrogens is 637 g/mol. The predicted octanol–water partition coefficient (Wildman–Crippen LogP) is 7.27. The number of alkyl halides is 23. The first-order valence-electron chi connectivity index (χ1n) is 8.68. The normalized spacial score (nSPS) is 19.9. The molecule has 0 bridgehead atoms. The zero-order chi connectivity index (χ0) is 31.9. The van der Waals surface area contributed by atoms with E-state index in [1.807, 2.05) is 0 Å². The van der Waals surface area contributed by atoms with Crippen LogP contribution in [0.15, 0.2) is 0 Å². The van der Waals surface area contributed by atoms with E-state index in [-0.39, 0.29) is 0 Å². The Bertz CT molecular complexity index is 897. The van der Waals surface area contributed by atoms with Gasteiger partial charge in [0.1, 0.15) is 6.10 Å². The fraction of sp³-hybridized carbons (Fsp3) is 1.00. The first kappa shape index (κ1) is 35.3. The Labute approximate surface area is 197 Å². The minimum Gasteiger partial charge on any atom is -0.371 e. The van der Waals surface area contributed by atoms with Gasteiger partial charge >= 0.3 is 65.6 Å². The van der Waals surface area contributed by atoms with E-state index in [1.54, 1.807) is 0 Å². The van der Waals surface area contributed by atoms with Gasteiger partial charge in [-0.25, -0.2) is 0 Å². The van der Waals surface area contributed by atoms with E-state index in [9.17, 15) is 101 Å². The second-order valence-electron chi connectivity index (χ2n) is 7.45. The van der Waals surface area contributed by atoms with Crippen LogP contribution in [0.2, 0.25) is 0 Å². The summed E-state index contributed by atoms with van der Waals surface area (Å²) in [5.41, 5.74) is 0. The molecule has 234 valence electrons. The SMILES string of the molecule is FC(F)(F)C(F)(F)C(F)(F)C(F)(F)C(F)(F)C(F)(F)C(F)(F)C(F)(F)C(F)(F)C(F)(F)C(F)(F)OCC1CO1. The van der Waals surface area contributed by atoms with Gasteiger partial charge in [0.15, 0.2) is 0 Å². The van der Waals surface area contributed by atoms with Crippen LogP contribution in [0.4, 0.5) is 101 Å². The molecule has 0 amide bonds. The highest BCUT2D eigenvalue weighted by molar-refractivity contribution is 5.18. The molecule has 0 aromatic heterocycles. The van der Waals surface area contributed by atoms with E-state index in [2.05, 4.69) is 9.47 Å². The summed E-state index contributed by atoms with van der Waals surface area (Å²) in [6.45, 7) is -2.57. The average Bonchev–Trinajstić information content (AvgIpc) is 3.54. The third-order valence-electron chi connectivity index (χ3n) is 4.73. The summed E-state index contributed by atoms with van der Waals surface area (Å²) < 4.78 is 310. The van der Waals surface area contributed by atoms with Crippen LogP contribution in [0.5, 0.6) is 0 Å². The molecular formula is C14H5F23O2. The maximum atomic E-state index is 13.6. The summed E-state index contributed by atoms with van der Waals surface area (Å²) >= 11 is 0. The number of halogens is 23. The summed E-state index contributed by atoms with van der Waals surface area (Å²) in [6.07, 6.45) is -16.8. The van der Waals surface area contributed by atoms with Crippen molar-refractivity contribution in [1.82, 2.24) is 0 Å². The third-order valence-corrected chi connectivity index (χ3v) is 4.73. The molecule has 0 spiro atoms. The van der Waals surface area contributed by atoms with Crippen LogP contribution < -0.4 is 0 Å². The van der Waals surface area contributed by atoms with Crippen LogP contribution in [0.3, 0.4) is 0 Å². The molecule has 1 rings (SSSR count). The molecule has 2 nitrogen and oxygen atoms in total. The monoisotopic (exact) mass is 642 g/mol. The van der Waals surface area contributed by atoms with Crippen LogP contribution in [0.1, 0.15) is 0 Å². The van der Waals surface area contributed by atoms with Crippen LogP contribution in [-0.2, 0) is 9.47 Å². The Balaban J connectivity index is 3.70. The maximum absolute atomic E-state index is 13.6. The van der Waals surface area contributed by atoms with Crippen molar-refractivity contribution in [2.75, 3.05) is 13.2 Å². The molecule has 1 fully saturated rings. The van der Waals surface area contributed by atoms with Gasteiger partial charge in [-0.15, -0.1) is 0 Å². The fourth-order valence-electron chi connectivity index (χ4n) is 2.19. The van der Waals surface area contributed by atoms with Crippen molar-refractivity contribution in [3.63, 3.8) is 0 Å². The Morgan fingerprint density at radius 1 is 0.410 bits per heavy atom. The molecule has 1 aliphatic heterocycles. The van der Waals surface area contributed by atoms with E-state index in [4.69, 9.17) is 0 Å². The molecule has 25 heteroatoms. The van der Waals surface area contributed by atoms with E-state index >= 15 is 0 Å². The van der Waals surface area contributed by atoms with E-state index in [0.717, 1.165) is 0 Å². The predicted molar refractivity (Wildman–Crippen MR) is 71.2 cm³/mol. The summed E-state index contributed by atoms with van der Waals surface area (Å²) in [5.74, 6) is -81.0. The highest BCUT2D eigenvalue weighted by atomic mass is 19.4. The van der Waals surface area contributed by atoms with Gasteiger partial charge in [-0.1, -0.05) is 0 Å². The minimum atomic E-state index is -9.41. The zero-order valence-corrected chi connectivity index (χ0v) is 17.0. The lowest BCUT2D eigenvalue weighted by atomic mass is 9.86. The molecule has 1 aliphatic rings. The first-order chi connectivity index (χ1) is 16.6. The highest BCUT2D eigenvalue weighted by Crippen LogP contribution is 2.67. The standard InChI is InChI=1S/C14H5F23O2/c15-4(16,5(17,18)7(21,22)9(25,26)11(29,30)13(33,34)35)6(19,20)8(23,24)10(27,28)12(31,32)14(36,37)39-2-3-1-38-3/h3H,1-2H2. The number of epoxide rings is 1.